The number of sulfone groups is 1. The summed E-state index contributed by atoms with van der Waals surface area (Å²) in [5, 5.41) is 3.33. The van der Waals surface area contributed by atoms with E-state index in [1.54, 1.807) is 4.90 Å². The lowest BCUT2D eigenvalue weighted by Gasteiger charge is -2.32. The van der Waals surface area contributed by atoms with E-state index in [2.05, 4.69) is 12.2 Å². The van der Waals surface area contributed by atoms with Crippen LogP contribution in [0.5, 0.6) is 0 Å². The van der Waals surface area contributed by atoms with Gasteiger partial charge in [-0.15, -0.1) is 0 Å². The van der Waals surface area contributed by atoms with E-state index >= 15 is 0 Å². The van der Waals surface area contributed by atoms with Crippen LogP contribution in [-0.2, 0) is 14.6 Å². The number of carbonyl (C=O) groups is 1. The molecule has 0 atom stereocenters. The molecule has 1 aliphatic rings. The van der Waals surface area contributed by atoms with Gasteiger partial charge in [0.15, 0.2) is 9.84 Å². The molecule has 1 N–H and O–H groups in total. The maximum atomic E-state index is 12.1. The van der Waals surface area contributed by atoms with Crippen LogP contribution in [0.2, 0.25) is 0 Å². The second-order valence-corrected chi connectivity index (χ2v) is 8.12. The number of nitrogens with one attached hydrogen (secondary N) is 1. The van der Waals surface area contributed by atoms with E-state index in [4.69, 9.17) is 0 Å². The van der Waals surface area contributed by atoms with Crippen molar-refractivity contribution < 1.29 is 13.2 Å². The van der Waals surface area contributed by atoms with Crippen molar-refractivity contribution in [3.05, 3.63) is 0 Å². The topological polar surface area (TPSA) is 66.5 Å². The zero-order chi connectivity index (χ0) is 15.7. The number of piperidine rings is 1. The zero-order valence-electron chi connectivity index (χ0n) is 13.4. The second-order valence-electron chi connectivity index (χ2n) is 5.93. The van der Waals surface area contributed by atoms with Crippen molar-refractivity contribution in [2.75, 3.05) is 37.7 Å². The normalized spacial score (nSPS) is 17.1. The Morgan fingerprint density at radius 3 is 2.43 bits per heavy atom. The SMILES string of the molecule is CCCCCS(=O)(=O)CC(=O)N1CCC(CNCC)CC1. The third-order valence-electron chi connectivity index (χ3n) is 4.05. The van der Waals surface area contributed by atoms with Crippen molar-refractivity contribution in [3.8, 4) is 0 Å². The predicted molar refractivity (Wildman–Crippen MR) is 86.0 cm³/mol. The largest absolute Gasteiger partial charge is 0.342 e. The molecule has 0 bridgehead atoms. The maximum absolute atomic E-state index is 12.1. The Hall–Kier alpha value is -0.620. The van der Waals surface area contributed by atoms with Gasteiger partial charge in [-0.05, 0) is 38.3 Å². The fourth-order valence-corrected chi connectivity index (χ4v) is 4.01. The number of rotatable bonds is 9. The van der Waals surface area contributed by atoms with Gasteiger partial charge in [0.25, 0.3) is 0 Å². The van der Waals surface area contributed by atoms with E-state index in [-0.39, 0.29) is 17.4 Å². The molecule has 1 fully saturated rings. The quantitative estimate of drug-likeness (QED) is 0.653. The van der Waals surface area contributed by atoms with Gasteiger partial charge >= 0.3 is 0 Å². The van der Waals surface area contributed by atoms with E-state index in [1.807, 2.05) is 6.92 Å². The summed E-state index contributed by atoms with van der Waals surface area (Å²) in [6, 6.07) is 0. The molecule has 0 unspecified atom stereocenters. The van der Waals surface area contributed by atoms with Gasteiger partial charge in [0.1, 0.15) is 5.75 Å². The highest BCUT2D eigenvalue weighted by Crippen LogP contribution is 2.17. The van der Waals surface area contributed by atoms with Crippen molar-refractivity contribution in [1.82, 2.24) is 10.2 Å². The summed E-state index contributed by atoms with van der Waals surface area (Å²) in [5.41, 5.74) is 0. The molecule has 1 aliphatic heterocycles. The van der Waals surface area contributed by atoms with E-state index < -0.39 is 9.84 Å². The highest BCUT2D eigenvalue weighted by atomic mass is 32.2. The van der Waals surface area contributed by atoms with Crippen molar-refractivity contribution in [3.63, 3.8) is 0 Å². The Bertz CT molecular complexity index is 401. The van der Waals surface area contributed by atoms with Crippen LogP contribution in [0.3, 0.4) is 0 Å². The van der Waals surface area contributed by atoms with Gasteiger partial charge in [-0.25, -0.2) is 8.42 Å². The smallest absolute Gasteiger partial charge is 0.237 e. The minimum atomic E-state index is -3.23. The van der Waals surface area contributed by atoms with E-state index in [0.717, 1.165) is 38.8 Å². The average Bonchev–Trinajstić information content (AvgIpc) is 2.45. The van der Waals surface area contributed by atoms with Crippen LogP contribution in [0.1, 0.15) is 46.0 Å². The van der Waals surface area contributed by atoms with Crippen molar-refractivity contribution >= 4 is 15.7 Å². The standard InChI is InChI=1S/C15H30N2O3S/c1-3-5-6-11-21(19,20)13-15(18)17-9-7-14(8-10-17)12-16-4-2/h14,16H,3-13H2,1-2H3. The molecule has 0 aliphatic carbocycles. The van der Waals surface area contributed by atoms with E-state index in [1.165, 1.54) is 0 Å². The molecule has 1 heterocycles. The third-order valence-corrected chi connectivity index (χ3v) is 5.65. The van der Waals surface area contributed by atoms with E-state index in [0.29, 0.717) is 25.4 Å². The fraction of sp³-hybridized carbons (Fsp3) is 0.933. The van der Waals surface area contributed by atoms with Crippen LogP contribution in [0, 0.1) is 5.92 Å². The van der Waals surface area contributed by atoms with Crippen LogP contribution in [0.25, 0.3) is 0 Å². The minimum Gasteiger partial charge on any atom is -0.342 e. The summed E-state index contributed by atoms with van der Waals surface area (Å²) in [4.78, 5) is 13.8. The molecule has 1 amide bonds. The number of likely N-dealkylation sites (tertiary alicyclic amines) is 1. The van der Waals surface area contributed by atoms with Crippen molar-refractivity contribution in [2.45, 2.75) is 46.0 Å². The molecule has 5 nitrogen and oxygen atoms in total. The Balaban J connectivity index is 2.33. The number of amides is 1. The number of hydrogen-bond acceptors (Lipinski definition) is 4. The molecule has 21 heavy (non-hydrogen) atoms. The lowest BCUT2D eigenvalue weighted by atomic mass is 9.97. The molecular formula is C15H30N2O3S. The molecule has 0 aromatic carbocycles. The van der Waals surface area contributed by atoms with Gasteiger partial charge in [0, 0.05) is 13.1 Å². The lowest BCUT2D eigenvalue weighted by molar-refractivity contribution is -0.129. The minimum absolute atomic E-state index is 0.142. The Morgan fingerprint density at radius 1 is 1.19 bits per heavy atom. The van der Waals surface area contributed by atoms with Gasteiger partial charge < -0.3 is 10.2 Å². The van der Waals surface area contributed by atoms with Crippen LogP contribution in [-0.4, -0.2) is 56.9 Å². The first-order chi connectivity index (χ1) is 9.98. The number of carbonyl (C=O) groups excluding carboxylic acids is 1. The summed E-state index contributed by atoms with van der Waals surface area (Å²) < 4.78 is 23.8. The summed E-state index contributed by atoms with van der Waals surface area (Å²) in [5.74, 6) is 0.224. The predicted octanol–water partition coefficient (Wildman–Crippen LogP) is 1.44. The van der Waals surface area contributed by atoms with Crippen LogP contribution in [0.15, 0.2) is 0 Å². The Kier molecular flexibility index (Phi) is 8.26. The monoisotopic (exact) mass is 318 g/mol. The molecule has 0 spiro atoms. The first kappa shape index (κ1) is 18.4. The van der Waals surface area contributed by atoms with Crippen LogP contribution in [0.4, 0.5) is 0 Å². The number of hydrogen-bond donors (Lipinski definition) is 1. The second kappa shape index (κ2) is 9.41. The molecule has 6 heteroatoms. The molecule has 0 saturated carbocycles. The average molecular weight is 318 g/mol. The lowest BCUT2D eigenvalue weighted by Crippen LogP contribution is -2.43. The van der Waals surface area contributed by atoms with Gasteiger partial charge in [0.05, 0.1) is 5.75 Å². The Labute approximate surface area is 129 Å². The highest BCUT2D eigenvalue weighted by Gasteiger charge is 2.25. The third kappa shape index (κ3) is 7.27. The van der Waals surface area contributed by atoms with Crippen molar-refractivity contribution in [2.24, 2.45) is 5.92 Å². The van der Waals surface area contributed by atoms with Gasteiger partial charge in [0.2, 0.25) is 5.91 Å². The van der Waals surface area contributed by atoms with Gasteiger partial charge in [-0.3, -0.25) is 4.79 Å². The van der Waals surface area contributed by atoms with Crippen LogP contribution < -0.4 is 5.32 Å². The highest BCUT2D eigenvalue weighted by molar-refractivity contribution is 7.92. The fourth-order valence-electron chi connectivity index (χ4n) is 2.66. The van der Waals surface area contributed by atoms with Crippen molar-refractivity contribution in [1.29, 1.82) is 0 Å². The number of nitrogens with zero attached hydrogens (tertiary/aromatic N) is 1. The molecule has 0 radical (unpaired) electrons. The number of unbranched alkanes of at least 4 members (excludes halogenated alkanes) is 2. The molecule has 0 aromatic rings. The maximum Gasteiger partial charge on any atom is 0.237 e. The molecule has 1 saturated heterocycles. The van der Waals surface area contributed by atoms with E-state index in [9.17, 15) is 13.2 Å². The van der Waals surface area contributed by atoms with Gasteiger partial charge in [-0.2, -0.15) is 0 Å². The summed E-state index contributed by atoms with van der Waals surface area (Å²) >= 11 is 0. The summed E-state index contributed by atoms with van der Waals surface area (Å²) in [6.45, 7) is 7.47. The Morgan fingerprint density at radius 2 is 1.86 bits per heavy atom. The van der Waals surface area contributed by atoms with Crippen LogP contribution >= 0.6 is 0 Å². The first-order valence-electron chi connectivity index (χ1n) is 8.17. The molecule has 124 valence electrons. The van der Waals surface area contributed by atoms with Gasteiger partial charge in [-0.1, -0.05) is 26.7 Å². The molecule has 1 rings (SSSR count). The zero-order valence-corrected chi connectivity index (χ0v) is 14.3. The molecular weight excluding hydrogens is 288 g/mol. The first-order valence-corrected chi connectivity index (χ1v) is 9.99. The summed E-state index contributed by atoms with van der Waals surface area (Å²) in [7, 11) is -3.23. The summed E-state index contributed by atoms with van der Waals surface area (Å²) in [6.07, 6.45) is 4.49. The molecule has 0 aromatic heterocycles.